The number of rotatable bonds is 6. The number of imide groups is 2. The molecule has 0 spiro atoms. The molecule has 0 radical (unpaired) electrons. The highest BCUT2D eigenvalue weighted by Crippen LogP contribution is 2.32. The van der Waals surface area contributed by atoms with E-state index in [1.165, 1.54) is 13.2 Å². The van der Waals surface area contributed by atoms with Crippen molar-refractivity contribution in [1.82, 2.24) is 5.32 Å². The summed E-state index contributed by atoms with van der Waals surface area (Å²) in [5, 5.41) is 4.00. The average molecular weight is 479 g/mol. The summed E-state index contributed by atoms with van der Waals surface area (Å²) in [6.45, 7) is 0.311. The Hall–Kier alpha value is -4.91. The molecule has 178 valence electrons. The highest BCUT2D eigenvalue weighted by Gasteiger charge is 2.37. The molecule has 1 fully saturated rings. The van der Waals surface area contributed by atoms with Crippen molar-refractivity contribution in [1.29, 1.82) is 0 Å². The molecule has 4 aromatic rings. The second-order valence-corrected chi connectivity index (χ2v) is 8.13. The molecule has 0 aliphatic carbocycles. The number of ether oxygens (including phenoxy) is 2. The average Bonchev–Trinajstić information content (AvgIpc) is 2.91. The van der Waals surface area contributed by atoms with Crippen LogP contribution in [0.1, 0.15) is 11.1 Å². The number of carbonyl (C=O) groups excluding carboxylic acids is 3. The first-order valence-electron chi connectivity index (χ1n) is 11.3. The Labute approximate surface area is 207 Å². The molecule has 5 rings (SSSR count). The third-order valence-corrected chi connectivity index (χ3v) is 5.89. The van der Waals surface area contributed by atoms with Gasteiger partial charge in [0.15, 0.2) is 0 Å². The molecular formula is C29H22N2O5. The Morgan fingerprint density at radius 2 is 1.56 bits per heavy atom. The van der Waals surface area contributed by atoms with Crippen LogP contribution in [-0.2, 0) is 16.2 Å². The van der Waals surface area contributed by atoms with Crippen molar-refractivity contribution < 1.29 is 23.9 Å². The van der Waals surface area contributed by atoms with E-state index < -0.39 is 17.8 Å². The molecule has 0 bridgehead atoms. The number of fused-ring (bicyclic) bond motifs is 1. The number of amides is 4. The smallest absolute Gasteiger partial charge is 0.335 e. The summed E-state index contributed by atoms with van der Waals surface area (Å²) in [7, 11) is 1.52. The van der Waals surface area contributed by atoms with Crippen LogP contribution < -0.4 is 19.7 Å². The molecule has 0 aromatic heterocycles. The zero-order valence-corrected chi connectivity index (χ0v) is 19.4. The number of barbiturate groups is 1. The zero-order chi connectivity index (χ0) is 25.1. The summed E-state index contributed by atoms with van der Waals surface area (Å²) in [6, 6.07) is 26.7. The van der Waals surface area contributed by atoms with Crippen LogP contribution in [0.3, 0.4) is 0 Å². The lowest BCUT2D eigenvalue weighted by molar-refractivity contribution is -0.122. The second-order valence-electron chi connectivity index (χ2n) is 8.13. The van der Waals surface area contributed by atoms with Gasteiger partial charge in [0.25, 0.3) is 11.8 Å². The van der Waals surface area contributed by atoms with E-state index in [4.69, 9.17) is 9.47 Å². The molecule has 1 aliphatic heterocycles. The molecule has 0 unspecified atom stereocenters. The van der Waals surface area contributed by atoms with Crippen molar-refractivity contribution >= 4 is 40.4 Å². The maximum Gasteiger partial charge on any atom is 0.335 e. The van der Waals surface area contributed by atoms with Gasteiger partial charge in [0.05, 0.1) is 12.8 Å². The maximum absolute atomic E-state index is 13.4. The van der Waals surface area contributed by atoms with Crippen LogP contribution >= 0.6 is 0 Å². The Kier molecular flexibility index (Phi) is 6.19. The van der Waals surface area contributed by atoms with Crippen LogP contribution in [-0.4, -0.2) is 25.0 Å². The number of anilines is 1. The van der Waals surface area contributed by atoms with E-state index in [1.54, 1.807) is 24.3 Å². The number of urea groups is 1. The summed E-state index contributed by atoms with van der Waals surface area (Å²) in [5.74, 6) is -0.405. The van der Waals surface area contributed by atoms with Crippen molar-refractivity contribution in [2.24, 2.45) is 0 Å². The number of benzene rings is 4. The van der Waals surface area contributed by atoms with Crippen LogP contribution in [0.5, 0.6) is 11.5 Å². The van der Waals surface area contributed by atoms with E-state index >= 15 is 0 Å². The van der Waals surface area contributed by atoms with Gasteiger partial charge in [-0.1, -0.05) is 60.7 Å². The predicted octanol–water partition coefficient (Wildman–Crippen LogP) is 5.09. The molecule has 4 amide bonds. The predicted molar refractivity (Wildman–Crippen MR) is 137 cm³/mol. The zero-order valence-electron chi connectivity index (χ0n) is 19.4. The van der Waals surface area contributed by atoms with Crippen molar-refractivity contribution in [3.63, 3.8) is 0 Å². The number of nitrogens with zero attached hydrogens (tertiary/aromatic N) is 1. The van der Waals surface area contributed by atoms with Crippen molar-refractivity contribution in [2.45, 2.75) is 6.61 Å². The maximum atomic E-state index is 13.4. The monoisotopic (exact) mass is 478 g/mol. The fraction of sp³-hybridized carbons (Fsp3) is 0.0690. The summed E-state index contributed by atoms with van der Waals surface area (Å²) in [6.07, 6.45) is 1.49. The Morgan fingerprint density at radius 3 is 2.31 bits per heavy atom. The first kappa shape index (κ1) is 22.9. The summed E-state index contributed by atoms with van der Waals surface area (Å²) < 4.78 is 11.3. The summed E-state index contributed by atoms with van der Waals surface area (Å²) >= 11 is 0. The van der Waals surface area contributed by atoms with Gasteiger partial charge >= 0.3 is 6.03 Å². The molecule has 1 saturated heterocycles. The molecular weight excluding hydrogens is 456 g/mol. The van der Waals surface area contributed by atoms with Gasteiger partial charge in [-0.25, -0.2) is 9.69 Å². The minimum atomic E-state index is -0.814. The SMILES string of the molecule is COc1ccc(N2C(=O)NC(=O)/C(=C\c3c(OCc4ccccc4)ccc4ccccc34)C2=O)cc1. The van der Waals surface area contributed by atoms with E-state index in [0.717, 1.165) is 21.2 Å². The van der Waals surface area contributed by atoms with Crippen LogP contribution in [0.4, 0.5) is 10.5 Å². The largest absolute Gasteiger partial charge is 0.497 e. The quantitative estimate of drug-likeness (QED) is 0.308. The van der Waals surface area contributed by atoms with E-state index in [-0.39, 0.29) is 5.57 Å². The molecule has 4 aromatic carbocycles. The molecule has 36 heavy (non-hydrogen) atoms. The molecule has 7 nitrogen and oxygen atoms in total. The van der Waals surface area contributed by atoms with Gasteiger partial charge in [-0.05, 0) is 52.7 Å². The number of carbonyl (C=O) groups is 3. The number of hydrogen-bond donors (Lipinski definition) is 1. The topological polar surface area (TPSA) is 84.9 Å². The van der Waals surface area contributed by atoms with Crippen LogP contribution in [0.2, 0.25) is 0 Å². The molecule has 1 aliphatic rings. The summed E-state index contributed by atoms with van der Waals surface area (Å²) in [5.41, 5.74) is 1.69. The van der Waals surface area contributed by atoms with Gasteiger partial charge in [-0.15, -0.1) is 0 Å². The third kappa shape index (κ3) is 4.42. The van der Waals surface area contributed by atoms with Gasteiger partial charge in [-0.2, -0.15) is 0 Å². The summed E-state index contributed by atoms with van der Waals surface area (Å²) in [4.78, 5) is 39.8. The van der Waals surface area contributed by atoms with E-state index in [1.807, 2.05) is 66.7 Å². The molecule has 0 saturated carbocycles. The molecule has 0 atom stereocenters. The van der Waals surface area contributed by atoms with Gasteiger partial charge in [0.2, 0.25) is 0 Å². The van der Waals surface area contributed by atoms with Crippen LogP contribution in [0.15, 0.2) is 96.6 Å². The first-order valence-corrected chi connectivity index (χ1v) is 11.3. The standard InChI is InChI=1S/C29H22N2O5/c1-35-22-14-12-21(13-15-22)31-28(33)25(27(32)30-29(31)34)17-24-23-10-6-5-9-20(23)11-16-26(24)36-18-19-7-3-2-4-8-19/h2-17H,18H2,1H3,(H,30,32,34)/b25-17+. The van der Waals surface area contributed by atoms with Gasteiger partial charge in [0, 0.05) is 5.56 Å². The minimum Gasteiger partial charge on any atom is -0.497 e. The lowest BCUT2D eigenvalue weighted by Gasteiger charge is -2.26. The van der Waals surface area contributed by atoms with Crippen molar-refractivity contribution in [3.05, 3.63) is 108 Å². The fourth-order valence-corrected chi connectivity index (χ4v) is 4.05. The molecule has 1 heterocycles. The third-order valence-electron chi connectivity index (χ3n) is 5.89. The lowest BCUT2D eigenvalue weighted by Crippen LogP contribution is -2.54. The Bertz CT molecular complexity index is 1490. The lowest BCUT2D eigenvalue weighted by atomic mass is 9.99. The number of hydrogen-bond acceptors (Lipinski definition) is 5. The van der Waals surface area contributed by atoms with Crippen LogP contribution in [0, 0.1) is 0 Å². The first-order chi connectivity index (χ1) is 17.5. The highest BCUT2D eigenvalue weighted by molar-refractivity contribution is 6.39. The van der Waals surface area contributed by atoms with Crippen molar-refractivity contribution in [2.75, 3.05) is 12.0 Å². The normalized spacial score (nSPS) is 14.8. The number of nitrogens with one attached hydrogen (secondary N) is 1. The van der Waals surface area contributed by atoms with Gasteiger partial charge in [-0.3, -0.25) is 14.9 Å². The minimum absolute atomic E-state index is 0.175. The highest BCUT2D eigenvalue weighted by atomic mass is 16.5. The second kappa shape index (κ2) is 9.76. The Morgan fingerprint density at radius 1 is 0.833 bits per heavy atom. The van der Waals surface area contributed by atoms with E-state index in [2.05, 4.69) is 5.32 Å². The fourth-order valence-electron chi connectivity index (χ4n) is 4.05. The van der Waals surface area contributed by atoms with Gasteiger partial charge in [0.1, 0.15) is 23.7 Å². The van der Waals surface area contributed by atoms with Crippen molar-refractivity contribution in [3.8, 4) is 11.5 Å². The van der Waals surface area contributed by atoms with E-state index in [0.29, 0.717) is 29.4 Å². The molecule has 1 N–H and O–H groups in total. The Balaban J connectivity index is 1.57. The van der Waals surface area contributed by atoms with Gasteiger partial charge < -0.3 is 9.47 Å². The number of methoxy groups -OCH3 is 1. The van der Waals surface area contributed by atoms with Crippen LogP contribution in [0.25, 0.3) is 16.8 Å². The van der Waals surface area contributed by atoms with E-state index in [9.17, 15) is 14.4 Å². The molecule has 7 heteroatoms.